The van der Waals surface area contributed by atoms with Crippen molar-refractivity contribution in [2.75, 3.05) is 6.54 Å². The van der Waals surface area contributed by atoms with E-state index in [1.165, 1.54) is 10.5 Å². The summed E-state index contributed by atoms with van der Waals surface area (Å²) in [6.07, 6.45) is 3.28. The van der Waals surface area contributed by atoms with Crippen molar-refractivity contribution >= 4 is 44.9 Å². The Labute approximate surface area is 115 Å². The molecular weight excluding hydrogens is 306 g/mol. The largest absolute Gasteiger partial charge is 0.311 e. The van der Waals surface area contributed by atoms with Crippen LogP contribution in [0.1, 0.15) is 32.1 Å². The highest BCUT2D eigenvalue weighted by atomic mass is 79.9. The van der Waals surface area contributed by atoms with Gasteiger partial charge < -0.3 is 5.32 Å². The molecule has 0 spiro atoms. The zero-order valence-corrected chi connectivity index (χ0v) is 13.0. The Morgan fingerprint density at radius 3 is 2.75 bits per heavy atom. The first kappa shape index (κ1) is 14.2. The summed E-state index contributed by atoms with van der Waals surface area (Å²) in [7, 11) is 0. The summed E-state index contributed by atoms with van der Waals surface area (Å²) in [5.74, 6) is 0. The Kier molecular flexibility index (Phi) is 6.05. The minimum Gasteiger partial charge on any atom is -0.311 e. The first-order chi connectivity index (χ1) is 7.52. The van der Waals surface area contributed by atoms with Crippen molar-refractivity contribution in [3.8, 4) is 0 Å². The van der Waals surface area contributed by atoms with Crippen LogP contribution in [0.25, 0.3) is 6.08 Å². The lowest BCUT2D eigenvalue weighted by atomic mass is 10.1. The normalized spacial score (nSPS) is 12.5. The van der Waals surface area contributed by atoms with E-state index in [9.17, 15) is 0 Å². The smallest absolute Gasteiger partial charge is 0.108 e. The third-order valence-corrected chi connectivity index (χ3v) is 4.62. The second-order valence-corrected chi connectivity index (χ2v) is 6.50. The monoisotopic (exact) mass is 321 g/mol. The van der Waals surface area contributed by atoms with Gasteiger partial charge in [0.15, 0.2) is 0 Å². The summed E-state index contributed by atoms with van der Waals surface area (Å²) in [5.41, 5.74) is 1.40. The van der Waals surface area contributed by atoms with Crippen LogP contribution in [-0.4, -0.2) is 12.6 Å². The molecule has 90 valence electrons. The van der Waals surface area contributed by atoms with Gasteiger partial charge >= 0.3 is 0 Å². The molecule has 0 saturated heterocycles. The SMILES string of the molecule is CCC(=Cc1cc(Br)c(Cl)s1)CNC(C)C. The molecule has 0 aliphatic heterocycles. The molecule has 0 bridgehead atoms. The zero-order valence-electron chi connectivity index (χ0n) is 9.81. The molecule has 1 aromatic heterocycles. The van der Waals surface area contributed by atoms with E-state index >= 15 is 0 Å². The molecule has 1 heterocycles. The fraction of sp³-hybridized carbons (Fsp3) is 0.500. The van der Waals surface area contributed by atoms with Crippen LogP contribution in [0.4, 0.5) is 0 Å². The highest BCUT2D eigenvalue weighted by Gasteiger charge is 2.04. The minimum absolute atomic E-state index is 0.522. The standard InChI is InChI=1S/C12H17BrClNS/c1-4-9(7-15-8(2)3)5-10-6-11(13)12(14)16-10/h5-6,8,15H,4,7H2,1-3H3. The Hall–Kier alpha value is 0.170. The van der Waals surface area contributed by atoms with Crippen LogP contribution in [-0.2, 0) is 0 Å². The summed E-state index contributed by atoms with van der Waals surface area (Å²) >= 11 is 11.0. The Morgan fingerprint density at radius 2 is 2.31 bits per heavy atom. The molecule has 0 unspecified atom stereocenters. The van der Waals surface area contributed by atoms with Gasteiger partial charge in [-0.2, -0.15) is 0 Å². The molecule has 0 aliphatic rings. The van der Waals surface area contributed by atoms with Gasteiger partial charge in [-0.25, -0.2) is 0 Å². The van der Waals surface area contributed by atoms with Crippen LogP contribution in [0.15, 0.2) is 16.1 Å². The van der Waals surface area contributed by atoms with E-state index in [1.807, 2.05) is 0 Å². The van der Waals surface area contributed by atoms with Crippen molar-refractivity contribution < 1.29 is 0 Å². The molecule has 1 aromatic rings. The van der Waals surface area contributed by atoms with Gasteiger partial charge in [0.2, 0.25) is 0 Å². The lowest BCUT2D eigenvalue weighted by Crippen LogP contribution is -2.24. The van der Waals surface area contributed by atoms with E-state index in [-0.39, 0.29) is 0 Å². The summed E-state index contributed by atoms with van der Waals surface area (Å²) < 4.78 is 1.80. The van der Waals surface area contributed by atoms with Crippen molar-refractivity contribution in [1.29, 1.82) is 0 Å². The molecule has 4 heteroatoms. The first-order valence-corrected chi connectivity index (χ1v) is 7.39. The zero-order chi connectivity index (χ0) is 12.1. The van der Waals surface area contributed by atoms with Crippen molar-refractivity contribution in [1.82, 2.24) is 5.32 Å². The number of thiophene rings is 1. The molecule has 1 N–H and O–H groups in total. The van der Waals surface area contributed by atoms with Crippen molar-refractivity contribution in [3.05, 3.63) is 25.3 Å². The summed E-state index contributed by atoms with van der Waals surface area (Å²) in [5, 5.41) is 3.43. The predicted molar refractivity (Wildman–Crippen MR) is 78.4 cm³/mol. The number of halogens is 2. The summed E-state index contributed by atoms with van der Waals surface area (Å²) in [6.45, 7) is 7.44. The Bertz CT molecular complexity index is 352. The highest BCUT2D eigenvalue weighted by molar-refractivity contribution is 9.10. The molecule has 1 nitrogen and oxygen atoms in total. The highest BCUT2D eigenvalue weighted by Crippen LogP contribution is 2.33. The van der Waals surface area contributed by atoms with E-state index in [0.717, 1.165) is 21.8 Å². The lowest BCUT2D eigenvalue weighted by Gasteiger charge is -2.09. The lowest BCUT2D eigenvalue weighted by molar-refractivity contribution is 0.617. The number of rotatable bonds is 5. The first-order valence-electron chi connectivity index (χ1n) is 5.40. The van der Waals surface area contributed by atoms with Crippen LogP contribution in [0.5, 0.6) is 0 Å². The number of nitrogens with one attached hydrogen (secondary N) is 1. The van der Waals surface area contributed by atoms with Crippen LogP contribution in [0, 0.1) is 0 Å². The molecule has 0 atom stereocenters. The Morgan fingerprint density at radius 1 is 1.62 bits per heavy atom. The Balaban J connectivity index is 2.71. The van der Waals surface area contributed by atoms with Crippen molar-refractivity contribution in [2.45, 2.75) is 33.2 Å². The van der Waals surface area contributed by atoms with Gasteiger partial charge in [-0.1, -0.05) is 37.9 Å². The fourth-order valence-corrected chi connectivity index (χ4v) is 2.98. The molecule has 0 saturated carbocycles. The van der Waals surface area contributed by atoms with Gasteiger partial charge in [-0.15, -0.1) is 11.3 Å². The number of hydrogen-bond acceptors (Lipinski definition) is 2. The van der Waals surface area contributed by atoms with Gasteiger partial charge in [0.1, 0.15) is 4.34 Å². The second kappa shape index (κ2) is 6.80. The molecule has 16 heavy (non-hydrogen) atoms. The fourth-order valence-electron chi connectivity index (χ4n) is 1.25. The quantitative estimate of drug-likeness (QED) is 0.808. The average Bonchev–Trinajstić information content (AvgIpc) is 2.52. The van der Waals surface area contributed by atoms with E-state index in [4.69, 9.17) is 11.6 Å². The molecule has 0 radical (unpaired) electrons. The van der Waals surface area contributed by atoms with Gasteiger partial charge in [0.05, 0.1) is 0 Å². The van der Waals surface area contributed by atoms with Gasteiger partial charge in [-0.3, -0.25) is 0 Å². The van der Waals surface area contributed by atoms with E-state index in [1.54, 1.807) is 11.3 Å². The maximum Gasteiger partial charge on any atom is 0.108 e. The number of hydrogen-bond donors (Lipinski definition) is 1. The van der Waals surface area contributed by atoms with Crippen LogP contribution in [0.2, 0.25) is 4.34 Å². The molecule has 1 rings (SSSR count). The summed E-state index contributed by atoms with van der Waals surface area (Å²) in [4.78, 5) is 1.21. The van der Waals surface area contributed by atoms with Crippen molar-refractivity contribution in [3.63, 3.8) is 0 Å². The molecule has 0 amide bonds. The molecule has 0 aliphatic carbocycles. The third-order valence-electron chi connectivity index (χ3n) is 2.20. The van der Waals surface area contributed by atoms with Gasteiger partial charge in [0, 0.05) is 21.9 Å². The minimum atomic E-state index is 0.522. The second-order valence-electron chi connectivity index (χ2n) is 3.96. The van der Waals surface area contributed by atoms with Crippen LogP contribution >= 0.6 is 38.9 Å². The molecule has 0 fully saturated rings. The van der Waals surface area contributed by atoms with Crippen LogP contribution < -0.4 is 5.32 Å². The maximum absolute atomic E-state index is 6.01. The topological polar surface area (TPSA) is 12.0 Å². The average molecular weight is 323 g/mol. The van der Waals surface area contributed by atoms with E-state index < -0.39 is 0 Å². The molecule has 0 aromatic carbocycles. The maximum atomic E-state index is 6.01. The summed E-state index contributed by atoms with van der Waals surface area (Å²) in [6, 6.07) is 2.59. The van der Waals surface area contributed by atoms with Gasteiger partial charge in [-0.05, 0) is 34.5 Å². The third kappa shape index (κ3) is 4.58. The van der Waals surface area contributed by atoms with Crippen LogP contribution in [0.3, 0.4) is 0 Å². The molecular formula is C12H17BrClNS. The van der Waals surface area contributed by atoms with E-state index in [0.29, 0.717) is 6.04 Å². The van der Waals surface area contributed by atoms with E-state index in [2.05, 4.69) is 54.2 Å². The van der Waals surface area contributed by atoms with Gasteiger partial charge in [0.25, 0.3) is 0 Å². The predicted octanol–water partition coefficient (Wildman–Crippen LogP) is 4.96. The van der Waals surface area contributed by atoms with Crippen molar-refractivity contribution in [2.24, 2.45) is 0 Å².